The Morgan fingerprint density at radius 1 is 1.06 bits per heavy atom. The average Bonchev–Trinajstić information content (AvgIpc) is 3.17. The van der Waals surface area contributed by atoms with Gasteiger partial charge in [-0.15, -0.1) is 10.2 Å². The maximum Gasteiger partial charge on any atom is 0.251 e. The second-order valence-corrected chi connectivity index (χ2v) is 8.70. The van der Waals surface area contributed by atoms with Gasteiger partial charge in [0.2, 0.25) is 5.91 Å². The maximum atomic E-state index is 12.7. The van der Waals surface area contributed by atoms with E-state index in [2.05, 4.69) is 20.8 Å². The Hall–Kier alpha value is -3.33. The topological polar surface area (TPSA) is 98.1 Å². The molecule has 0 aliphatic rings. The van der Waals surface area contributed by atoms with Crippen LogP contribution in [0.1, 0.15) is 43.0 Å². The number of nitrogens with one attached hydrogen (secondary N) is 2. The minimum absolute atomic E-state index is 0.0985. The summed E-state index contributed by atoms with van der Waals surface area (Å²) in [5.74, 6) is 1.37. The number of amides is 2. The van der Waals surface area contributed by atoms with E-state index in [1.54, 1.807) is 24.3 Å². The molecule has 0 aliphatic heterocycles. The van der Waals surface area contributed by atoms with Gasteiger partial charge in [0.05, 0.1) is 18.4 Å². The number of hydrogen-bond acceptors (Lipinski definition) is 6. The highest BCUT2D eigenvalue weighted by Crippen LogP contribution is 2.25. The van der Waals surface area contributed by atoms with Crippen LogP contribution >= 0.6 is 11.8 Å². The Labute approximate surface area is 198 Å². The molecule has 3 aromatic rings. The molecule has 2 amide bonds. The second-order valence-electron chi connectivity index (χ2n) is 7.76. The molecular formula is C24H29N5O3S. The van der Waals surface area contributed by atoms with Crippen molar-refractivity contribution in [3.05, 3.63) is 66.0 Å². The van der Waals surface area contributed by atoms with E-state index >= 15 is 0 Å². The van der Waals surface area contributed by atoms with Crippen molar-refractivity contribution in [1.82, 2.24) is 20.1 Å². The quantitative estimate of drug-likeness (QED) is 0.436. The van der Waals surface area contributed by atoms with Crippen LogP contribution in [0.3, 0.4) is 0 Å². The molecule has 2 N–H and O–H groups in total. The molecule has 0 unspecified atom stereocenters. The highest BCUT2D eigenvalue weighted by atomic mass is 32.2. The molecule has 0 radical (unpaired) electrons. The van der Waals surface area contributed by atoms with E-state index in [9.17, 15) is 9.59 Å². The molecule has 1 atom stereocenters. The predicted octanol–water partition coefficient (Wildman–Crippen LogP) is 4.07. The monoisotopic (exact) mass is 467 g/mol. The number of carbonyl (C=O) groups excluding carboxylic acids is 2. The van der Waals surface area contributed by atoms with Gasteiger partial charge in [-0.05, 0) is 49.2 Å². The van der Waals surface area contributed by atoms with Crippen LogP contribution in [0.2, 0.25) is 0 Å². The summed E-state index contributed by atoms with van der Waals surface area (Å²) < 4.78 is 7.23. The van der Waals surface area contributed by atoms with Gasteiger partial charge in [-0.25, -0.2) is 0 Å². The van der Waals surface area contributed by atoms with Gasteiger partial charge < -0.3 is 19.9 Å². The van der Waals surface area contributed by atoms with E-state index in [0.717, 1.165) is 5.75 Å². The van der Waals surface area contributed by atoms with Gasteiger partial charge in [-0.2, -0.15) is 0 Å². The van der Waals surface area contributed by atoms with Gasteiger partial charge in [0.1, 0.15) is 5.75 Å². The van der Waals surface area contributed by atoms with E-state index in [0.29, 0.717) is 28.8 Å². The van der Waals surface area contributed by atoms with Crippen molar-refractivity contribution in [3.8, 4) is 5.75 Å². The number of hydrogen-bond donors (Lipinski definition) is 2. The fourth-order valence-corrected chi connectivity index (χ4v) is 3.91. The Morgan fingerprint density at radius 3 is 2.39 bits per heavy atom. The summed E-state index contributed by atoms with van der Waals surface area (Å²) in [5, 5.41) is 15.1. The van der Waals surface area contributed by atoms with E-state index in [4.69, 9.17) is 4.74 Å². The van der Waals surface area contributed by atoms with E-state index in [1.165, 1.54) is 11.8 Å². The third-order valence-corrected chi connectivity index (χ3v) is 5.94. The summed E-state index contributed by atoms with van der Waals surface area (Å²) in [6.07, 6.45) is 0. The molecule has 0 fully saturated rings. The molecule has 1 aromatic heterocycles. The summed E-state index contributed by atoms with van der Waals surface area (Å²) in [6, 6.07) is 16.0. The van der Waals surface area contributed by atoms with E-state index < -0.39 is 0 Å². The Balaban J connectivity index is 1.61. The average molecular weight is 468 g/mol. The molecule has 0 spiro atoms. The lowest BCUT2D eigenvalue weighted by Gasteiger charge is -2.21. The molecule has 1 heterocycles. The first-order valence-electron chi connectivity index (χ1n) is 10.8. The van der Waals surface area contributed by atoms with Crippen molar-refractivity contribution < 1.29 is 14.3 Å². The van der Waals surface area contributed by atoms with E-state index in [1.807, 2.05) is 62.7 Å². The van der Waals surface area contributed by atoms with Crippen LogP contribution in [0, 0.1) is 5.92 Å². The number of thioether (sulfide) groups is 1. The molecule has 0 aliphatic carbocycles. The lowest BCUT2D eigenvalue weighted by atomic mass is 10.0. The third kappa shape index (κ3) is 6.58. The Morgan fingerprint density at radius 2 is 1.76 bits per heavy atom. The lowest BCUT2D eigenvalue weighted by molar-refractivity contribution is -0.113. The zero-order valence-electron chi connectivity index (χ0n) is 19.2. The minimum Gasteiger partial charge on any atom is -0.494 e. The number of ether oxygens (including phenoxy) is 1. The highest BCUT2D eigenvalue weighted by Gasteiger charge is 2.25. The lowest BCUT2D eigenvalue weighted by Crippen LogP contribution is -2.33. The van der Waals surface area contributed by atoms with Gasteiger partial charge in [0, 0.05) is 18.3 Å². The molecule has 174 valence electrons. The van der Waals surface area contributed by atoms with Crippen LogP contribution in [-0.4, -0.2) is 38.9 Å². The number of nitrogens with zero attached hydrogens (tertiary/aromatic N) is 3. The molecule has 2 aromatic carbocycles. The first-order chi connectivity index (χ1) is 15.9. The number of carbonyl (C=O) groups is 2. The summed E-state index contributed by atoms with van der Waals surface area (Å²) >= 11 is 1.29. The van der Waals surface area contributed by atoms with Gasteiger partial charge in [0.25, 0.3) is 5.91 Å². The van der Waals surface area contributed by atoms with Crippen LogP contribution in [-0.2, 0) is 11.8 Å². The van der Waals surface area contributed by atoms with Crippen molar-refractivity contribution in [1.29, 1.82) is 0 Å². The summed E-state index contributed by atoms with van der Waals surface area (Å²) in [7, 11) is 1.84. The van der Waals surface area contributed by atoms with Crippen LogP contribution in [0.5, 0.6) is 5.75 Å². The summed E-state index contributed by atoms with van der Waals surface area (Å²) in [4.78, 5) is 25.0. The van der Waals surface area contributed by atoms with Crippen molar-refractivity contribution in [2.45, 2.75) is 32.0 Å². The first-order valence-corrected chi connectivity index (χ1v) is 11.8. The normalized spacial score (nSPS) is 11.8. The minimum atomic E-state index is -0.317. The van der Waals surface area contributed by atoms with Crippen LogP contribution in [0.25, 0.3) is 0 Å². The molecule has 0 saturated heterocycles. The molecule has 8 nitrogen and oxygen atoms in total. The zero-order valence-corrected chi connectivity index (χ0v) is 20.1. The number of benzene rings is 2. The Bertz CT molecular complexity index is 1070. The number of anilines is 1. The fraction of sp³-hybridized carbons (Fsp3) is 0.333. The second kappa shape index (κ2) is 11.5. The smallest absolute Gasteiger partial charge is 0.251 e. The number of rotatable bonds is 10. The molecule has 3 rings (SSSR count). The highest BCUT2D eigenvalue weighted by molar-refractivity contribution is 7.99. The third-order valence-electron chi connectivity index (χ3n) is 4.92. The Kier molecular flexibility index (Phi) is 8.48. The summed E-state index contributed by atoms with van der Waals surface area (Å²) in [6.45, 7) is 6.55. The van der Waals surface area contributed by atoms with Gasteiger partial charge in [0.15, 0.2) is 11.0 Å². The van der Waals surface area contributed by atoms with E-state index in [-0.39, 0.29) is 29.5 Å². The largest absolute Gasteiger partial charge is 0.494 e. The van der Waals surface area contributed by atoms with Gasteiger partial charge >= 0.3 is 0 Å². The summed E-state index contributed by atoms with van der Waals surface area (Å²) in [5.41, 5.74) is 1.29. The predicted molar refractivity (Wildman–Crippen MR) is 129 cm³/mol. The number of aromatic nitrogens is 3. The SMILES string of the molecule is CCOc1ccc(NC(=O)CSc2nnc([C@@H](NC(=O)c3ccccc3)C(C)C)n2C)cc1. The van der Waals surface area contributed by atoms with Crippen LogP contribution < -0.4 is 15.4 Å². The first kappa shape index (κ1) is 24.3. The fourth-order valence-electron chi connectivity index (χ4n) is 3.19. The molecule has 0 saturated carbocycles. The standard InChI is InChI=1S/C24H29N5O3S/c1-5-32-19-13-11-18(12-14-19)25-20(30)15-33-24-28-27-22(29(24)4)21(16(2)3)26-23(31)17-9-7-6-8-10-17/h6-14,16,21H,5,15H2,1-4H3,(H,25,30)(H,26,31)/t21-/m0/s1. The van der Waals surface area contributed by atoms with Crippen LogP contribution in [0.4, 0.5) is 5.69 Å². The van der Waals surface area contributed by atoms with Crippen molar-refractivity contribution in [2.24, 2.45) is 13.0 Å². The zero-order chi connectivity index (χ0) is 23.8. The maximum absolute atomic E-state index is 12.7. The van der Waals surface area contributed by atoms with Gasteiger partial charge in [-0.1, -0.05) is 43.8 Å². The van der Waals surface area contributed by atoms with Gasteiger partial charge in [-0.3, -0.25) is 9.59 Å². The molecule has 33 heavy (non-hydrogen) atoms. The molecular weight excluding hydrogens is 438 g/mol. The van der Waals surface area contributed by atoms with Crippen molar-refractivity contribution in [3.63, 3.8) is 0 Å². The van der Waals surface area contributed by atoms with Crippen molar-refractivity contribution in [2.75, 3.05) is 17.7 Å². The molecule has 0 bridgehead atoms. The van der Waals surface area contributed by atoms with Crippen molar-refractivity contribution >= 4 is 29.3 Å². The molecule has 9 heteroatoms. The van der Waals surface area contributed by atoms with Crippen LogP contribution in [0.15, 0.2) is 59.8 Å².